The fourth-order valence-corrected chi connectivity index (χ4v) is 2.15. The Kier molecular flexibility index (Phi) is 5.89. The molecule has 1 aromatic heterocycles. The second-order valence-corrected chi connectivity index (χ2v) is 5.69. The zero-order valence-corrected chi connectivity index (χ0v) is 12.3. The van der Waals surface area contributed by atoms with E-state index in [-0.39, 0.29) is 17.6 Å². The molecule has 104 valence electrons. The third kappa shape index (κ3) is 4.14. The summed E-state index contributed by atoms with van der Waals surface area (Å²) in [6.07, 6.45) is 2.92. The number of hydrogen-bond donors (Lipinski definition) is 1. The SMILES string of the molecule is CCCNC(c1ccco1)C(OCC)C(C)(C)C. The van der Waals surface area contributed by atoms with E-state index < -0.39 is 0 Å². The van der Waals surface area contributed by atoms with Gasteiger partial charge in [-0.1, -0.05) is 27.7 Å². The topological polar surface area (TPSA) is 34.4 Å². The molecule has 0 radical (unpaired) electrons. The van der Waals surface area contributed by atoms with Crippen LogP contribution in [0.4, 0.5) is 0 Å². The van der Waals surface area contributed by atoms with Crippen LogP contribution in [0.15, 0.2) is 22.8 Å². The van der Waals surface area contributed by atoms with E-state index >= 15 is 0 Å². The van der Waals surface area contributed by atoms with Crippen molar-refractivity contribution >= 4 is 0 Å². The minimum Gasteiger partial charge on any atom is -0.468 e. The summed E-state index contributed by atoms with van der Waals surface area (Å²) in [6, 6.07) is 4.06. The Morgan fingerprint density at radius 1 is 1.33 bits per heavy atom. The molecule has 0 amide bonds. The van der Waals surface area contributed by atoms with E-state index in [0.717, 1.165) is 18.7 Å². The third-order valence-electron chi connectivity index (χ3n) is 2.97. The van der Waals surface area contributed by atoms with E-state index in [1.54, 1.807) is 6.26 Å². The lowest BCUT2D eigenvalue weighted by Crippen LogP contribution is -2.42. The highest BCUT2D eigenvalue weighted by Gasteiger charge is 2.35. The first kappa shape index (κ1) is 15.3. The number of furan rings is 1. The summed E-state index contributed by atoms with van der Waals surface area (Å²) < 4.78 is 11.5. The van der Waals surface area contributed by atoms with Gasteiger partial charge in [-0.3, -0.25) is 0 Å². The van der Waals surface area contributed by atoms with Crippen molar-refractivity contribution in [2.45, 2.75) is 53.2 Å². The van der Waals surface area contributed by atoms with E-state index in [1.165, 1.54) is 0 Å². The highest BCUT2D eigenvalue weighted by molar-refractivity contribution is 5.08. The third-order valence-corrected chi connectivity index (χ3v) is 2.97. The maximum absolute atomic E-state index is 5.97. The van der Waals surface area contributed by atoms with Gasteiger partial charge in [-0.15, -0.1) is 0 Å². The van der Waals surface area contributed by atoms with Crippen LogP contribution in [-0.4, -0.2) is 19.3 Å². The van der Waals surface area contributed by atoms with Gasteiger partial charge in [0.15, 0.2) is 0 Å². The molecule has 2 unspecified atom stereocenters. The van der Waals surface area contributed by atoms with E-state index in [0.29, 0.717) is 6.61 Å². The summed E-state index contributed by atoms with van der Waals surface area (Å²) in [7, 11) is 0. The standard InChI is InChI=1S/C15H27NO2/c1-6-10-16-13(12-9-8-11-18-12)14(17-7-2)15(3,4)5/h8-9,11,13-14,16H,6-7,10H2,1-5H3. The average molecular weight is 253 g/mol. The Morgan fingerprint density at radius 3 is 2.50 bits per heavy atom. The van der Waals surface area contributed by atoms with Crippen LogP contribution in [0.3, 0.4) is 0 Å². The molecule has 0 saturated heterocycles. The van der Waals surface area contributed by atoms with Gasteiger partial charge in [-0.2, -0.15) is 0 Å². The lowest BCUT2D eigenvalue weighted by Gasteiger charge is -2.36. The van der Waals surface area contributed by atoms with Gasteiger partial charge < -0.3 is 14.5 Å². The normalized spacial score (nSPS) is 15.6. The molecule has 2 atom stereocenters. The number of ether oxygens (including phenoxy) is 1. The van der Waals surface area contributed by atoms with Crippen LogP contribution in [0.5, 0.6) is 0 Å². The van der Waals surface area contributed by atoms with Crippen LogP contribution >= 0.6 is 0 Å². The Balaban J connectivity index is 2.91. The van der Waals surface area contributed by atoms with Crippen LogP contribution in [0.2, 0.25) is 0 Å². The van der Waals surface area contributed by atoms with Crippen molar-refractivity contribution in [3.8, 4) is 0 Å². The van der Waals surface area contributed by atoms with Gasteiger partial charge >= 0.3 is 0 Å². The zero-order chi connectivity index (χ0) is 13.6. The smallest absolute Gasteiger partial charge is 0.123 e. The summed E-state index contributed by atoms with van der Waals surface area (Å²) >= 11 is 0. The minimum absolute atomic E-state index is 0.0637. The highest BCUT2D eigenvalue weighted by Crippen LogP contribution is 2.33. The van der Waals surface area contributed by atoms with Crippen molar-refractivity contribution in [1.82, 2.24) is 5.32 Å². The number of rotatable bonds is 7. The largest absolute Gasteiger partial charge is 0.468 e. The highest BCUT2D eigenvalue weighted by atomic mass is 16.5. The van der Waals surface area contributed by atoms with Gasteiger partial charge in [0.1, 0.15) is 5.76 Å². The fraction of sp³-hybridized carbons (Fsp3) is 0.733. The second-order valence-electron chi connectivity index (χ2n) is 5.69. The van der Waals surface area contributed by atoms with Crippen LogP contribution in [0.25, 0.3) is 0 Å². The predicted molar refractivity (Wildman–Crippen MR) is 74.6 cm³/mol. The Labute approximate surface area is 111 Å². The Bertz CT molecular complexity index is 314. The minimum atomic E-state index is 0.0637. The maximum atomic E-state index is 5.97. The number of hydrogen-bond acceptors (Lipinski definition) is 3. The molecule has 0 aliphatic carbocycles. The fourth-order valence-electron chi connectivity index (χ4n) is 2.15. The molecule has 1 N–H and O–H groups in total. The summed E-state index contributed by atoms with van der Waals surface area (Å²) in [5, 5.41) is 3.54. The van der Waals surface area contributed by atoms with E-state index in [1.807, 2.05) is 19.1 Å². The number of nitrogens with one attached hydrogen (secondary N) is 1. The first-order valence-corrected chi connectivity index (χ1v) is 6.89. The molecule has 0 aliphatic rings. The predicted octanol–water partition coefficient (Wildman–Crippen LogP) is 3.77. The van der Waals surface area contributed by atoms with Crippen molar-refractivity contribution in [3.63, 3.8) is 0 Å². The molecular formula is C15H27NO2. The van der Waals surface area contributed by atoms with Crippen molar-refractivity contribution in [2.75, 3.05) is 13.2 Å². The molecule has 18 heavy (non-hydrogen) atoms. The van der Waals surface area contributed by atoms with Gasteiger partial charge in [-0.05, 0) is 37.4 Å². The molecule has 0 saturated carbocycles. The summed E-state index contributed by atoms with van der Waals surface area (Å²) in [4.78, 5) is 0. The molecule has 3 heteroatoms. The monoisotopic (exact) mass is 253 g/mol. The van der Waals surface area contributed by atoms with Crippen LogP contribution in [0, 0.1) is 5.41 Å². The lowest BCUT2D eigenvalue weighted by molar-refractivity contribution is -0.0408. The average Bonchev–Trinajstić information content (AvgIpc) is 2.80. The molecule has 0 bridgehead atoms. The molecule has 1 heterocycles. The van der Waals surface area contributed by atoms with E-state index in [9.17, 15) is 0 Å². The zero-order valence-electron chi connectivity index (χ0n) is 12.3. The quantitative estimate of drug-likeness (QED) is 0.803. The van der Waals surface area contributed by atoms with Crippen molar-refractivity contribution in [3.05, 3.63) is 24.2 Å². The molecule has 1 aromatic rings. The Morgan fingerprint density at radius 2 is 2.06 bits per heavy atom. The first-order chi connectivity index (χ1) is 8.50. The molecule has 0 fully saturated rings. The van der Waals surface area contributed by atoms with Crippen LogP contribution < -0.4 is 5.32 Å². The summed E-state index contributed by atoms with van der Waals surface area (Å²) in [5.74, 6) is 0.955. The van der Waals surface area contributed by atoms with Gasteiger partial charge in [-0.25, -0.2) is 0 Å². The maximum Gasteiger partial charge on any atom is 0.123 e. The van der Waals surface area contributed by atoms with Gasteiger partial charge in [0.05, 0.1) is 18.4 Å². The Hall–Kier alpha value is -0.800. The molecule has 1 rings (SSSR count). The molecule has 0 aromatic carbocycles. The van der Waals surface area contributed by atoms with Gasteiger partial charge in [0.25, 0.3) is 0 Å². The molecule has 0 aliphatic heterocycles. The van der Waals surface area contributed by atoms with Crippen molar-refractivity contribution in [2.24, 2.45) is 5.41 Å². The summed E-state index contributed by atoms with van der Waals surface area (Å²) in [6.45, 7) is 12.5. The first-order valence-electron chi connectivity index (χ1n) is 6.89. The molecular weight excluding hydrogens is 226 g/mol. The van der Waals surface area contributed by atoms with E-state index in [4.69, 9.17) is 9.15 Å². The summed E-state index contributed by atoms with van der Waals surface area (Å²) in [5.41, 5.74) is 0.0637. The molecule has 3 nitrogen and oxygen atoms in total. The van der Waals surface area contributed by atoms with Crippen LogP contribution in [-0.2, 0) is 4.74 Å². The molecule has 0 spiro atoms. The van der Waals surface area contributed by atoms with Gasteiger partial charge in [0.2, 0.25) is 0 Å². The van der Waals surface area contributed by atoms with Crippen molar-refractivity contribution in [1.29, 1.82) is 0 Å². The van der Waals surface area contributed by atoms with E-state index in [2.05, 4.69) is 33.0 Å². The van der Waals surface area contributed by atoms with Gasteiger partial charge in [0, 0.05) is 6.61 Å². The lowest BCUT2D eigenvalue weighted by atomic mass is 9.83. The van der Waals surface area contributed by atoms with Crippen molar-refractivity contribution < 1.29 is 9.15 Å². The van der Waals surface area contributed by atoms with Crippen LogP contribution in [0.1, 0.15) is 52.8 Å². The second kappa shape index (κ2) is 6.95.